The van der Waals surface area contributed by atoms with E-state index in [0.29, 0.717) is 17.2 Å². The van der Waals surface area contributed by atoms with Crippen LogP contribution in [0, 0.1) is 13.8 Å². The van der Waals surface area contributed by atoms with Crippen LogP contribution in [-0.4, -0.2) is 14.7 Å². The number of hydrogen-bond acceptors (Lipinski definition) is 3. The van der Waals surface area contributed by atoms with Crippen molar-refractivity contribution in [2.45, 2.75) is 58.7 Å². The third-order valence-electron chi connectivity index (χ3n) is 6.27. The minimum Gasteiger partial charge on any atom is -0.488 e. The number of benzene rings is 1. The van der Waals surface area contributed by atoms with Crippen LogP contribution in [0.1, 0.15) is 52.8 Å². The van der Waals surface area contributed by atoms with E-state index >= 15 is 0 Å². The number of ether oxygens (including phenoxy) is 1. The first-order valence-electron chi connectivity index (χ1n) is 10.7. The lowest BCUT2D eigenvalue weighted by Gasteiger charge is -2.34. The predicted octanol–water partition coefficient (Wildman–Crippen LogP) is 8.21. The summed E-state index contributed by atoms with van der Waals surface area (Å²) in [5, 5.41) is 2.02. The summed E-state index contributed by atoms with van der Waals surface area (Å²) in [6.07, 6.45) is 1.79. The van der Waals surface area contributed by atoms with Crippen molar-refractivity contribution in [2.24, 2.45) is 0 Å². The van der Waals surface area contributed by atoms with Crippen molar-refractivity contribution in [1.29, 1.82) is 0 Å². The second-order valence-electron chi connectivity index (χ2n) is 10.1. The maximum absolute atomic E-state index is 6.86. The quantitative estimate of drug-likeness (QED) is 0.260. The summed E-state index contributed by atoms with van der Waals surface area (Å²) in [5.41, 5.74) is 4.70. The molecule has 0 fully saturated rings. The molecule has 1 aliphatic carbocycles. The molecule has 2 heterocycles. The number of hydrogen-bond donors (Lipinski definition) is 0. The van der Waals surface area contributed by atoms with Gasteiger partial charge in [0, 0.05) is 25.0 Å². The van der Waals surface area contributed by atoms with E-state index in [1.807, 2.05) is 22.7 Å². The van der Waals surface area contributed by atoms with Gasteiger partial charge in [0.2, 0.25) is 0 Å². The largest absolute Gasteiger partial charge is 0.488 e. The van der Waals surface area contributed by atoms with Crippen molar-refractivity contribution in [1.82, 2.24) is 0 Å². The molecule has 2 aromatic heterocycles. The van der Waals surface area contributed by atoms with Crippen LogP contribution >= 0.6 is 34.3 Å². The lowest BCUT2D eigenvalue weighted by Crippen LogP contribution is -2.48. The number of halogens is 1. The van der Waals surface area contributed by atoms with Crippen molar-refractivity contribution < 1.29 is 4.74 Å². The zero-order valence-corrected chi connectivity index (χ0v) is 22.9. The SMILES string of the molecule is C=CCOc1c(Cl)cc(C(C)(C)C)cc1[Si](C)(C)C1c2cc(C)sc2-c2sc(C)cc21. The van der Waals surface area contributed by atoms with Gasteiger partial charge in [0.15, 0.2) is 0 Å². The third-order valence-corrected chi connectivity index (χ3v) is 12.7. The molecule has 0 bridgehead atoms. The van der Waals surface area contributed by atoms with Gasteiger partial charge in [0.1, 0.15) is 12.4 Å². The Kier molecular flexibility index (Phi) is 5.83. The molecule has 0 atom stereocenters. The van der Waals surface area contributed by atoms with Gasteiger partial charge in [-0.15, -0.1) is 22.7 Å². The Hall–Kier alpha value is -1.33. The number of aryl methyl sites for hydroxylation is 2. The molecule has 5 heteroatoms. The van der Waals surface area contributed by atoms with Gasteiger partial charge < -0.3 is 4.74 Å². The topological polar surface area (TPSA) is 9.23 Å². The Labute approximate surface area is 200 Å². The molecule has 0 aliphatic heterocycles. The second kappa shape index (κ2) is 7.91. The Morgan fingerprint density at radius 3 is 2.06 bits per heavy atom. The summed E-state index contributed by atoms with van der Waals surface area (Å²) in [4.78, 5) is 5.73. The first kappa shape index (κ1) is 22.8. The molecule has 1 nitrogen and oxygen atoms in total. The van der Waals surface area contributed by atoms with E-state index in [4.69, 9.17) is 16.3 Å². The van der Waals surface area contributed by atoms with Gasteiger partial charge in [-0.2, -0.15) is 0 Å². The van der Waals surface area contributed by atoms with Crippen molar-refractivity contribution >= 4 is 47.5 Å². The molecule has 31 heavy (non-hydrogen) atoms. The van der Waals surface area contributed by atoms with Crippen molar-refractivity contribution in [3.8, 4) is 15.5 Å². The van der Waals surface area contributed by atoms with Crippen molar-refractivity contribution in [3.63, 3.8) is 0 Å². The second-order valence-corrected chi connectivity index (χ2v) is 17.6. The number of fused-ring (bicyclic) bond motifs is 3. The minimum atomic E-state index is -2.09. The van der Waals surface area contributed by atoms with E-state index in [9.17, 15) is 0 Å². The Bertz CT molecular complexity index is 1120. The molecular weight excluding hydrogens is 456 g/mol. The smallest absolute Gasteiger partial charge is 0.137 e. The summed E-state index contributed by atoms with van der Waals surface area (Å²) < 4.78 is 6.21. The summed E-state index contributed by atoms with van der Waals surface area (Å²) >= 11 is 10.7. The molecule has 1 aromatic carbocycles. The molecular formula is C26H31ClOS2Si. The highest BCUT2D eigenvalue weighted by Gasteiger charge is 2.46. The zero-order chi connectivity index (χ0) is 22.7. The van der Waals surface area contributed by atoms with Crippen LogP contribution in [0.2, 0.25) is 18.1 Å². The average molecular weight is 487 g/mol. The molecule has 1 aliphatic rings. The van der Waals surface area contributed by atoms with Crippen LogP contribution in [0.3, 0.4) is 0 Å². The Balaban J connectivity index is 1.96. The molecule has 3 aromatic rings. The van der Waals surface area contributed by atoms with Gasteiger partial charge in [-0.05, 0) is 59.3 Å². The average Bonchev–Trinajstić information content (AvgIpc) is 3.28. The van der Waals surface area contributed by atoms with Gasteiger partial charge in [0.25, 0.3) is 0 Å². The lowest BCUT2D eigenvalue weighted by atomic mass is 9.87. The molecule has 0 amide bonds. The van der Waals surface area contributed by atoms with E-state index in [1.54, 1.807) is 6.08 Å². The highest BCUT2D eigenvalue weighted by Crippen LogP contribution is 2.55. The fraction of sp³-hybridized carbons (Fsp3) is 0.385. The van der Waals surface area contributed by atoms with Crippen molar-refractivity contribution in [3.05, 3.63) is 68.4 Å². The van der Waals surface area contributed by atoms with E-state index in [-0.39, 0.29) is 5.41 Å². The van der Waals surface area contributed by atoms with Crippen LogP contribution in [0.25, 0.3) is 9.75 Å². The fourth-order valence-corrected chi connectivity index (χ4v) is 11.2. The number of thiophene rings is 2. The Morgan fingerprint density at radius 2 is 1.58 bits per heavy atom. The minimum absolute atomic E-state index is 0.0176. The number of rotatable bonds is 5. The molecule has 0 N–H and O–H groups in total. The lowest BCUT2D eigenvalue weighted by molar-refractivity contribution is 0.366. The molecule has 0 radical (unpaired) electrons. The van der Waals surface area contributed by atoms with Gasteiger partial charge in [-0.3, -0.25) is 0 Å². The van der Waals surface area contributed by atoms with Gasteiger partial charge in [-0.1, -0.05) is 64.2 Å². The molecule has 0 spiro atoms. The molecule has 164 valence electrons. The third kappa shape index (κ3) is 3.86. The van der Waals surface area contributed by atoms with Gasteiger partial charge >= 0.3 is 0 Å². The summed E-state index contributed by atoms with van der Waals surface area (Å²) in [7, 11) is -2.09. The highest BCUT2D eigenvalue weighted by atomic mass is 35.5. The monoisotopic (exact) mass is 486 g/mol. The fourth-order valence-electron chi connectivity index (χ4n) is 4.75. The maximum Gasteiger partial charge on any atom is 0.137 e. The van der Waals surface area contributed by atoms with Gasteiger partial charge in [-0.25, -0.2) is 0 Å². The maximum atomic E-state index is 6.86. The van der Waals surface area contributed by atoms with Crippen LogP contribution in [0.15, 0.2) is 36.9 Å². The summed E-state index contributed by atoms with van der Waals surface area (Å²) in [6.45, 7) is 20.5. The van der Waals surface area contributed by atoms with Gasteiger partial charge in [0.05, 0.1) is 13.1 Å². The first-order chi connectivity index (χ1) is 14.4. The summed E-state index contributed by atoms with van der Waals surface area (Å²) in [5.74, 6) is 0.847. The molecule has 0 saturated heterocycles. The normalized spacial score (nSPS) is 13.9. The van der Waals surface area contributed by atoms with E-state index < -0.39 is 8.07 Å². The van der Waals surface area contributed by atoms with Crippen LogP contribution in [0.5, 0.6) is 5.75 Å². The molecule has 4 rings (SSSR count). The highest BCUT2D eigenvalue weighted by molar-refractivity contribution is 7.23. The van der Waals surface area contributed by atoms with E-state index in [0.717, 1.165) is 5.75 Å². The molecule has 0 unspecified atom stereocenters. The van der Waals surface area contributed by atoms with E-state index in [1.165, 1.54) is 41.4 Å². The van der Waals surface area contributed by atoms with Crippen molar-refractivity contribution in [2.75, 3.05) is 6.61 Å². The van der Waals surface area contributed by atoms with Crippen LogP contribution in [-0.2, 0) is 5.41 Å². The molecule has 0 saturated carbocycles. The predicted molar refractivity (Wildman–Crippen MR) is 142 cm³/mol. The Morgan fingerprint density at radius 1 is 1.03 bits per heavy atom. The summed E-state index contributed by atoms with van der Waals surface area (Å²) in [6, 6.07) is 9.30. The zero-order valence-electron chi connectivity index (χ0n) is 19.5. The standard InChI is InChI=1S/C26H31ClOS2Si/c1-9-10-28-22-20(27)13-17(26(4,5)6)14-21(22)31(7,8)25-18-11-15(2)29-23(18)24-19(25)12-16(3)30-24/h9,11-14,25H,1,10H2,2-8H3. The first-order valence-corrected chi connectivity index (χ1v) is 15.8. The van der Waals surface area contributed by atoms with Crippen LogP contribution in [0.4, 0.5) is 0 Å². The van der Waals surface area contributed by atoms with Crippen LogP contribution < -0.4 is 9.92 Å². The van der Waals surface area contributed by atoms with E-state index in [2.05, 4.69) is 78.6 Å².